The third-order valence-corrected chi connectivity index (χ3v) is 5.99. The summed E-state index contributed by atoms with van der Waals surface area (Å²) >= 11 is 6.11. The molecule has 1 aromatic heterocycles. The molecule has 0 saturated heterocycles. The lowest BCUT2D eigenvalue weighted by Gasteiger charge is -2.43. The van der Waals surface area contributed by atoms with Crippen molar-refractivity contribution >= 4 is 25.7 Å². The van der Waals surface area contributed by atoms with Crippen molar-refractivity contribution in [3.63, 3.8) is 0 Å². The minimum Gasteiger partial charge on any atom is -0.298 e. The number of nitrogens with zero attached hydrogens (tertiary/aromatic N) is 1. The molecule has 2 unspecified atom stereocenters. The molecule has 0 aromatic carbocycles. The van der Waals surface area contributed by atoms with Crippen molar-refractivity contribution in [2.24, 2.45) is 5.92 Å². The van der Waals surface area contributed by atoms with Gasteiger partial charge in [0.1, 0.15) is 5.15 Å². The molecule has 0 aliphatic heterocycles. The first kappa shape index (κ1) is 16.0. The van der Waals surface area contributed by atoms with Crippen LogP contribution in [0, 0.1) is 5.92 Å². The van der Waals surface area contributed by atoms with Crippen LogP contribution in [0.5, 0.6) is 0 Å². The number of carbonyl (C=O) groups excluding carboxylic acids is 1. The Bertz CT molecular complexity index is 572. The Balaban J connectivity index is 2.01. The highest BCUT2D eigenvalue weighted by molar-refractivity contribution is 6.29. The lowest BCUT2D eigenvalue weighted by atomic mass is 9.50. The number of pyridine rings is 1. The second-order valence-electron chi connectivity index (χ2n) is 7.36. The molecule has 0 bridgehead atoms. The predicted octanol–water partition coefficient (Wildman–Crippen LogP) is 4.90. The summed E-state index contributed by atoms with van der Waals surface area (Å²) in [5.41, 5.74) is 1.60. The second kappa shape index (κ2) is 6.00. The molecule has 2 nitrogen and oxygen atoms in total. The Morgan fingerprint density at radius 3 is 2.77 bits per heavy atom. The first-order valence-corrected chi connectivity index (χ1v) is 8.79. The summed E-state index contributed by atoms with van der Waals surface area (Å²) in [7, 11) is 6.99. The highest BCUT2D eigenvalue weighted by atomic mass is 35.5. The van der Waals surface area contributed by atoms with Crippen molar-refractivity contribution in [2.45, 2.75) is 69.0 Å². The Labute approximate surface area is 139 Å². The lowest BCUT2D eigenvalue weighted by Crippen LogP contribution is -2.33. The highest BCUT2D eigenvalue weighted by Crippen LogP contribution is 2.67. The molecule has 4 heteroatoms. The van der Waals surface area contributed by atoms with Gasteiger partial charge in [-0.05, 0) is 35.8 Å². The zero-order valence-electron chi connectivity index (χ0n) is 13.3. The summed E-state index contributed by atoms with van der Waals surface area (Å²) in [4.78, 5) is 15.5. The molecule has 116 valence electrons. The topological polar surface area (TPSA) is 30.0 Å². The van der Waals surface area contributed by atoms with Crippen LogP contribution in [0.1, 0.15) is 74.2 Å². The van der Waals surface area contributed by atoms with E-state index in [1.54, 1.807) is 6.20 Å². The zero-order chi connectivity index (χ0) is 15.8. The lowest BCUT2D eigenvalue weighted by molar-refractivity contribution is 0.112. The summed E-state index contributed by atoms with van der Waals surface area (Å²) < 4.78 is 0. The smallest absolute Gasteiger partial charge is 0.151 e. The van der Waals surface area contributed by atoms with Gasteiger partial charge in [0.25, 0.3) is 0 Å². The highest BCUT2D eigenvalue weighted by Gasteiger charge is 2.57. The van der Waals surface area contributed by atoms with Crippen LogP contribution in [0.3, 0.4) is 0 Å². The molecule has 2 aliphatic rings. The van der Waals surface area contributed by atoms with Crippen LogP contribution in [0.15, 0.2) is 12.3 Å². The first-order valence-electron chi connectivity index (χ1n) is 8.41. The largest absolute Gasteiger partial charge is 0.298 e. The van der Waals surface area contributed by atoms with Gasteiger partial charge in [-0.25, -0.2) is 4.98 Å². The van der Waals surface area contributed by atoms with Crippen molar-refractivity contribution in [1.29, 1.82) is 0 Å². The molecular weight excluding hydrogens is 292 g/mol. The normalized spacial score (nSPS) is 31.1. The average Bonchev–Trinajstić information content (AvgIpc) is 3.27. The molecule has 2 saturated carbocycles. The van der Waals surface area contributed by atoms with Crippen LogP contribution in [0.4, 0.5) is 0 Å². The molecule has 0 amide bonds. The van der Waals surface area contributed by atoms with Gasteiger partial charge < -0.3 is 0 Å². The number of halogens is 1. The fourth-order valence-corrected chi connectivity index (χ4v) is 4.64. The van der Waals surface area contributed by atoms with Gasteiger partial charge in [-0.1, -0.05) is 62.4 Å². The summed E-state index contributed by atoms with van der Waals surface area (Å²) in [6.45, 7) is 2.31. The zero-order valence-corrected chi connectivity index (χ0v) is 14.0. The van der Waals surface area contributed by atoms with Crippen molar-refractivity contribution in [2.75, 3.05) is 0 Å². The molecule has 2 atom stereocenters. The maximum atomic E-state index is 11.5. The Hall–Kier alpha value is -0.825. The summed E-state index contributed by atoms with van der Waals surface area (Å²) in [6.07, 6.45) is 11.7. The molecule has 1 aromatic rings. The van der Waals surface area contributed by atoms with E-state index in [-0.39, 0.29) is 10.7 Å². The SMILES string of the molecule is [B]C1(C2(c3cc(Cl)ncc3C=O)CC2)CCCCCC(C)C1. The molecule has 1 heterocycles. The minimum atomic E-state index is -0.227. The van der Waals surface area contributed by atoms with Gasteiger partial charge >= 0.3 is 0 Å². The van der Waals surface area contributed by atoms with Gasteiger partial charge in [0.05, 0.1) is 7.85 Å². The van der Waals surface area contributed by atoms with Crippen LogP contribution < -0.4 is 0 Å². The number of hydrogen-bond acceptors (Lipinski definition) is 2. The van der Waals surface area contributed by atoms with Crippen molar-refractivity contribution in [1.82, 2.24) is 4.98 Å². The minimum absolute atomic E-state index is 0.0819. The van der Waals surface area contributed by atoms with Crippen LogP contribution in [0.25, 0.3) is 0 Å². The van der Waals surface area contributed by atoms with E-state index in [4.69, 9.17) is 19.4 Å². The summed E-state index contributed by atoms with van der Waals surface area (Å²) in [5.74, 6) is 0.639. The number of rotatable bonds is 3. The maximum absolute atomic E-state index is 11.5. The number of carbonyl (C=O) groups is 1. The quantitative estimate of drug-likeness (QED) is 0.451. The molecule has 2 fully saturated rings. The monoisotopic (exact) mass is 315 g/mol. The fraction of sp³-hybridized carbons (Fsp3) is 0.667. The number of hydrogen-bond donors (Lipinski definition) is 0. The Morgan fingerprint density at radius 1 is 1.32 bits per heavy atom. The van der Waals surface area contributed by atoms with Crippen LogP contribution in [-0.4, -0.2) is 19.1 Å². The van der Waals surface area contributed by atoms with Gasteiger partial charge in [-0.2, -0.15) is 0 Å². The van der Waals surface area contributed by atoms with Crippen molar-refractivity contribution in [3.05, 3.63) is 28.5 Å². The summed E-state index contributed by atoms with van der Waals surface area (Å²) in [5, 5.41) is 0.226. The molecular formula is C18H23BClNO. The number of aromatic nitrogens is 1. The van der Waals surface area contributed by atoms with E-state index in [1.807, 2.05) is 6.07 Å². The third kappa shape index (κ3) is 2.73. The maximum Gasteiger partial charge on any atom is 0.151 e. The van der Waals surface area contributed by atoms with Crippen molar-refractivity contribution < 1.29 is 4.79 Å². The molecule has 2 aliphatic carbocycles. The molecule has 2 radical (unpaired) electrons. The van der Waals surface area contributed by atoms with Crippen LogP contribution in [0.2, 0.25) is 10.5 Å². The van der Waals surface area contributed by atoms with Gasteiger partial charge in [0, 0.05) is 11.8 Å². The van der Waals surface area contributed by atoms with E-state index in [0.717, 1.165) is 37.5 Å². The van der Waals surface area contributed by atoms with Crippen LogP contribution in [-0.2, 0) is 5.41 Å². The standard InChI is InChI=1S/C18H23BClNO/c1-13-5-3-2-4-6-18(19,10-13)17(7-8-17)15-9-16(20)21-11-14(15)12-22/h9,11-13H,2-8,10H2,1H3. The first-order chi connectivity index (χ1) is 10.5. The third-order valence-electron chi connectivity index (χ3n) is 5.78. The Kier molecular flexibility index (Phi) is 4.37. The van der Waals surface area contributed by atoms with Gasteiger partial charge in [-0.3, -0.25) is 4.79 Å². The number of aldehydes is 1. The molecule has 0 spiro atoms. The predicted molar refractivity (Wildman–Crippen MR) is 90.9 cm³/mol. The fourth-order valence-electron chi connectivity index (χ4n) is 4.48. The van der Waals surface area contributed by atoms with E-state index < -0.39 is 0 Å². The average molecular weight is 316 g/mol. The van der Waals surface area contributed by atoms with E-state index in [0.29, 0.717) is 16.6 Å². The van der Waals surface area contributed by atoms with E-state index in [9.17, 15) is 4.79 Å². The van der Waals surface area contributed by atoms with Gasteiger partial charge in [-0.15, -0.1) is 0 Å². The molecule has 22 heavy (non-hydrogen) atoms. The van der Waals surface area contributed by atoms with Crippen LogP contribution >= 0.6 is 11.6 Å². The van der Waals surface area contributed by atoms with E-state index in [2.05, 4.69) is 11.9 Å². The van der Waals surface area contributed by atoms with Gasteiger partial charge in [0.2, 0.25) is 0 Å². The van der Waals surface area contributed by atoms with Crippen molar-refractivity contribution in [3.8, 4) is 0 Å². The molecule has 3 rings (SSSR count). The van der Waals surface area contributed by atoms with Gasteiger partial charge in [0.15, 0.2) is 6.29 Å². The Morgan fingerprint density at radius 2 is 2.09 bits per heavy atom. The second-order valence-corrected chi connectivity index (χ2v) is 7.75. The van der Waals surface area contributed by atoms with E-state index in [1.165, 1.54) is 25.7 Å². The summed E-state index contributed by atoms with van der Waals surface area (Å²) in [6, 6.07) is 1.87. The van der Waals surface area contributed by atoms with E-state index >= 15 is 0 Å². The molecule has 0 N–H and O–H groups in total.